The molecular weight excluding hydrogens is 849 g/mol. The maximum absolute atomic E-state index is 12.9. The van der Waals surface area contributed by atoms with Gasteiger partial charge in [-0.15, -0.1) is 0 Å². The van der Waals surface area contributed by atoms with E-state index in [-0.39, 0.29) is 19.4 Å². The molecule has 6 unspecified atom stereocenters. The Balaban J connectivity index is 2.38. The average Bonchev–Trinajstić information content (AvgIpc) is 3.27. The number of rotatable bonds is 43. The second-order valence-corrected chi connectivity index (χ2v) is 19.3. The smallest absolute Gasteiger partial charge is 0.306 e. The number of aliphatic hydroxyl groups is 3. The van der Waals surface area contributed by atoms with Gasteiger partial charge in [0.15, 0.2) is 12.4 Å². The molecule has 0 aromatic rings. The minimum atomic E-state index is -4.61. The number of carbonyl (C=O) groups excluding carboxylic acids is 2. The SMILES string of the molecule is CC/C=C\C/C=C\C/C=C\C/C=C\CCCCCCC(=O)OC(COC(=O)CCCCCCCCCCCCCCCCCCCCCC)COC1OC(CS(=O)(=O)O)C(O)C(O)C1O. The van der Waals surface area contributed by atoms with Crippen molar-refractivity contribution in [2.75, 3.05) is 19.0 Å². The maximum Gasteiger partial charge on any atom is 0.306 e. The lowest BCUT2D eigenvalue weighted by atomic mass is 10.00. The fourth-order valence-corrected chi connectivity index (χ4v) is 8.42. The van der Waals surface area contributed by atoms with Gasteiger partial charge in [0.1, 0.15) is 36.8 Å². The molecule has 1 heterocycles. The van der Waals surface area contributed by atoms with E-state index in [0.29, 0.717) is 12.8 Å². The van der Waals surface area contributed by atoms with Crippen molar-refractivity contribution < 1.29 is 56.8 Å². The van der Waals surface area contributed by atoms with Gasteiger partial charge in [-0.2, -0.15) is 8.42 Å². The van der Waals surface area contributed by atoms with E-state index >= 15 is 0 Å². The Morgan fingerprint density at radius 1 is 0.538 bits per heavy atom. The largest absolute Gasteiger partial charge is 0.462 e. The first-order valence-corrected chi connectivity index (χ1v) is 27.3. The number of ether oxygens (including phenoxy) is 4. The highest BCUT2D eigenvalue weighted by Crippen LogP contribution is 2.24. The van der Waals surface area contributed by atoms with E-state index in [4.69, 9.17) is 18.9 Å². The third-order valence-corrected chi connectivity index (χ3v) is 12.4. The van der Waals surface area contributed by atoms with Gasteiger partial charge in [-0.05, 0) is 51.4 Å². The van der Waals surface area contributed by atoms with Gasteiger partial charge in [0.25, 0.3) is 10.1 Å². The molecule has 378 valence electrons. The van der Waals surface area contributed by atoms with Gasteiger partial charge in [-0.1, -0.05) is 197 Å². The maximum atomic E-state index is 12.9. The van der Waals surface area contributed by atoms with E-state index in [2.05, 4.69) is 62.5 Å². The van der Waals surface area contributed by atoms with E-state index in [9.17, 15) is 37.9 Å². The quantitative estimate of drug-likeness (QED) is 0.0196. The van der Waals surface area contributed by atoms with E-state index in [1.165, 1.54) is 103 Å². The van der Waals surface area contributed by atoms with Crippen molar-refractivity contribution in [2.45, 2.75) is 250 Å². The van der Waals surface area contributed by atoms with E-state index in [1.807, 2.05) is 0 Å². The van der Waals surface area contributed by atoms with Crippen molar-refractivity contribution in [3.05, 3.63) is 48.6 Å². The summed E-state index contributed by atoms with van der Waals surface area (Å²) in [7, 11) is -4.61. The molecule has 0 aromatic heterocycles. The van der Waals surface area contributed by atoms with Crippen molar-refractivity contribution in [3.63, 3.8) is 0 Å². The van der Waals surface area contributed by atoms with E-state index < -0.39 is 71.2 Å². The van der Waals surface area contributed by atoms with Crippen molar-refractivity contribution in [3.8, 4) is 0 Å². The lowest BCUT2D eigenvalue weighted by Crippen LogP contribution is -2.60. The molecule has 0 radical (unpaired) electrons. The number of allylic oxidation sites excluding steroid dienone is 8. The van der Waals surface area contributed by atoms with Crippen LogP contribution in [-0.4, -0.2) is 96.0 Å². The molecule has 0 aromatic carbocycles. The molecule has 1 aliphatic heterocycles. The highest BCUT2D eigenvalue weighted by molar-refractivity contribution is 7.85. The number of esters is 2. The number of hydrogen-bond donors (Lipinski definition) is 4. The second-order valence-electron chi connectivity index (χ2n) is 17.8. The molecule has 1 aliphatic rings. The summed E-state index contributed by atoms with van der Waals surface area (Å²) in [5.74, 6) is -2.01. The standard InChI is InChI=1S/C52H92O12S/c1-3-5-7-9-11-13-15-17-19-21-22-23-25-26-28-30-32-34-36-38-40-47(53)61-42-45(43-62-52-51(57)50(56)49(55)46(64-52)44-65(58,59)60)63-48(54)41-39-37-35-33-31-29-27-24-20-18-16-14-12-10-8-6-4-2/h6,8,12,14,18,20,27,29,45-46,49-52,55-57H,3-5,7,9-11,13,15-17,19,21-26,28,30-44H2,1-2H3,(H,58,59,60)/b8-6-,14-12-,20-18-,29-27-. The molecule has 4 N–H and O–H groups in total. The Morgan fingerprint density at radius 2 is 0.969 bits per heavy atom. The Hall–Kier alpha value is -2.39. The van der Waals surface area contributed by atoms with Crippen molar-refractivity contribution in [1.82, 2.24) is 0 Å². The van der Waals surface area contributed by atoms with Gasteiger partial charge < -0.3 is 34.3 Å². The molecule has 0 aliphatic carbocycles. The summed E-state index contributed by atoms with van der Waals surface area (Å²) >= 11 is 0. The summed E-state index contributed by atoms with van der Waals surface area (Å²) in [4.78, 5) is 25.5. The van der Waals surface area contributed by atoms with Crippen LogP contribution in [0, 0.1) is 0 Å². The lowest BCUT2D eigenvalue weighted by Gasteiger charge is -2.40. The topological polar surface area (TPSA) is 186 Å². The van der Waals surface area contributed by atoms with Crippen molar-refractivity contribution in [2.24, 2.45) is 0 Å². The van der Waals surface area contributed by atoms with Gasteiger partial charge in [0, 0.05) is 12.8 Å². The zero-order chi connectivity index (χ0) is 47.6. The van der Waals surface area contributed by atoms with Crippen LogP contribution in [0.15, 0.2) is 48.6 Å². The summed E-state index contributed by atoms with van der Waals surface area (Å²) in [5, 5.41) is 31.0. The minimum absolute atomic E-state index is 0.137. The van der Waals surface area contributed by atoms with Crippen molar-refractivity contribution >= 4 is 22.1 Å². The van der Waals surface area contributed by atoms with Gasteiger partial charge in [0.05, 0.1) is 6.61 Å². The summed E-state index contributed by atoms with van der Waals surface area (Å²) < 4.78 is 54.2. The predicted octanol–water partition coefficient (Wildman–Crippen LogP) is 11.5. The molecule has 6 atom stereocenters. The van der Waals surface area contributed by atoms with Crippen LogP contribution < -0.4 is 0 Å². The highest BCUT2D eigenvalue weighted by atomic mass is 32.2. The first-order chi connectivity index (χ1) is 31.5. The summed E-state index contributed by atoms with van der Waals surface area (Å²) in [6.45, 7) is 3.66. The Bertz CT molecular complexity index is 1380. The molecule has 0 amide bonds. The molecule has 12 nitrogen and oxygen atoms in total. The van der Waals surface area contributed by atoms with Crippen LogP contribution >= 0.6 is 0 Å². The van der Waals surface area contributed by atoms with Crippen LogP contribution in [-0.2, 0) is 38.7 Å². The lowest BCUT2D eigenvalue weighted by molar-refractivity contribution is -0.297. The third kappa shape index (κ3) is 36.3. The normalized spacial score (nSPS) is 19.9. The van der Waals surface area contributed by atoms with Crippen LogP contribution in [0.25, 0.3) is 0 Å². The average molecular weight is 941 g/mol. The second kappa shape index (κ2) is 41.8. The molecule has 1 fully saturated rings. The summed E-state index contributed by atoms with van der Waals surface area (Å²) in [6, 6.07) is 0. The van der Waals surface area contributed by atoms with Crippen LogP contribution in [0.5, 0.6) is 0 Å². The number of unbranched alkanes of at least 4 members (excludes halogenated alkanes) is 23. The fraction of sp³-hybridized carbons (Fsp3) is 0.808. The van der Waals surface area contributed by atoms with E-state index in [0.717, 1.165) is 70.6 Å². The number of carbonyl (C=O) groups is 2. The first kappa shape index (κ1) is 60.6. The summed E-state index contributed by atoms with van der Waals surface area (Å²) in [5.41, 5.74) is 0. The van der Waals surface area contributed by atoms with Crippen LogP contribution in [0.4, 0.5) is 0 Å². The first-order valence-electron chi connectivity index (χ1n) is 25.7. The number of hydrogen-bond acceptors (Lipinski definition) is 11. The monoisotopic (exact) mass is 941 g/mol. The van der Waals surface area contributed by atoms with Crippen LogP contribution in [0.3, 0.4) is 0 Å². The molecular formula is C52H92O12S. The summed E-state index contributed by atoms with van der Waals surface area (Å²) in [6.07, 6.45) is 41.5. The van der Waals surface area contributed by atoms with Gasteiger partial charge in [-0.3, -0.25) is 14.1 Å². The fourth-order valence-electron chi connectivity index (χ4n) is 7.73. The van der Waals surface area contributed by atoms with Crippen LogP contribution in [0.2, 0.25) is 0 Å². The number of aliphatic hydroxyl groups excluding tert-OH is 3. The molecule has 65 heavy (non-hydrogen) atoms. The molecule has 13 heteroatoms. The zero-order valence-electron chi connectivity index (χ0n) is 40.6. The Kier molecular flexibility index (Phi) is 39.0. The molecule has 1 rings (SSSR count). The Morgan fingerprint density at radius 3 is 1.45 bits per heavy atom. The van der Waals surface area contributed by atoms with Gasteiger partial charge in [-0.25, -0.2) is 0 Å². The predicted molar refractivity (Wildman–Crippen MR) is 261 cm³/mol. The molecule has 0 spiro atoms. The Labute approximate surface area is 394 Å². The van der Waals surface area contributed by atoms with Crippen LogP contribution in [0.1, 0.15) is 213 Å². The zero-order valence-corrected chi connectivity index (χ0v) is 41.4. The van der Waals surface area contributed by atoms with Crippen molar-refractivity contribution in [1.29, 1.82) is 0 Å². The molecule has 0 bridgehead atoms. The highest BCUT2D eigenvalue weighted by Gasteiger charge is 2.46. The van der Waals surface area contributed by atoms with E-state index in [1.54, 1.807) is 0 Å². The minimum Gasteiger partial charge on any atom is -0.462 e. The van der Waals surface area contributed by atoms with Gasteiger partial charge >= 0.3 is 11.9 Å². The third-order valence-electron chi connectivity index (χ3n) is 11.7. The van der Waals surface area contributed by atoms with Gasteiger partial charge in [0.2, 0.25) is 0 Å². The molecule has 1 saturated heterocycles. The molecule has 0 saturated carbocycles.